The Balaban J connectivity index is 0.00000441. The van der Waals surface area contributed by atoms with Gasteiger partial charge in [0.05, 0.1) is 10.9 Å². The molecule has 9 heteroatoms. The molecule has 0 aliphatic rings. The molecular formula is C13H21Cl2N3O3S. The predicted molar refractivity (Wildman–Crippen MR) is 90.0 cm³/mol. The Morgan fingerprint density at radius 3 is 2.36 bits per heavy atom. The van der Waals surface area contributed by atoms with Crippen LogP contribution in [0.2, 0.25) is 5.02 Å². The highest BCUT2D eigenvalue weighted by atomic mass is 35.5. The van der Waals surface area contributed by atoms with E-state index in [2.05, 4.69) is 15.4 Å². The van der Waals surface area contributed by atoms with E-state index in [-0.39, 0.29) is 23.2 Å². The number of hydrogen-bond donors (Lipinski definition) is 3. The highest BCUT2D eigenvalue weighted by molar-refractivity contribution is 7.89. The van der Waals surface area contributed by atoms with Crippen molar-refractivity contribution in [3.05, 3.63) is 29.3 Å². The lowest BCUT2D eigenvalue weighted by Gasteiger charge is -2.14. The molecule has 1 aromatic carbocycles. The number of carbonyl (C=O) groups is 1. The van der Waals surface area contributed by atoms with Gasteiger partial charge in [-0.3, -0.25) is 4.79 Å². The zero-order chi connectivity index (χ0) is 15.9. The summed E-state index contributed by atoms with van der Waals surface area (Å²) < 4.78 is 26.5. The number of benzene rings is 1. The molecule has 126 valence electrons. The average Bonchev–Trinajstić information content (AvgIpc) is 2.43. The minimum Gasteiger partial charge on any atom is -0.355 e. The molecule has 0 aliphatic carbocycles. The van der Waals surface area contributed by atoms with Gasteiger partial charge in [0.2, 0.25) is 15.9 Å². The van der Waals surface area contributed by atoms with E-state index in [4.69, 9.17) is 11.6 Å². The number of rotatable bonds is 8. The van der Waals surface area contributed by atoms with Gasteiger partial charge in [-0.25, -0.2) is 8.42 Å². The van der Waals surface area contributed by atoms with Gasteiger partial charge in [-0.1, -0.05) is 11.6 Å². The van der Waals surface area contributed by atoms with Gasteiger partial charge in [-0.15, -0.1) is 12.4 Å². The zero-order valence-corrected chi connectivity index (χ0v) is 14.8. The Morgan fingerprint density at radius 1 is 1.23 bits per heavy atom. The van der Waals surface area contributed by atoms with E-state index < -0.39 is 16.1 Å². The summed E-state index contributed by atoms with van der Waals surface area (Å²) in [5.41, 5.74) is 0. The summed E-state index contributed by atoms with van der Waals surface area (Å²) in [6.07, 6.45) is 0.777. The summed E-state index contributed by atoms with van der Waals surface area (Å²) in [5, 5.41) is 6.08. The quantitative estimate of drug-likeness (QED) is 0.600. The fraction of sp³-hybridized carbons (Fsp3) is 0.462. The fourth-order valence-electron chi connectivity index (χ4n) is 1.60. The van der Waals surface area contributed by atoms with Gasteiger partial charge in [0.25, 0.3) is 0 Å². The van der Waals surface area contributed by atoms with Crippen molar-refractivity contribution in [1.29, 1.82) is 0 Å². The van der Waals surface area contributed by atoms with Crippen molar-refractivity contribution >= 4 is 39.9 Å². The lowest BCUT2D eigenvalue weighted by atomic mass is 10.3. The average molecular weight is 370 g/mol. The smallest absolute Gasteiger partial charge is 0.241 e. The van der Waals surface area contributed by atoms with Gasteiger partial charge >= 0.3 is 0 Å². The maximum Gasteiger partial charge on any atom is 0.241 e. The van der Waals surface area contributed by atoms with E-state index in [1.807, 2.05) is 7.05 Å². The third-order valence-corrected chi connectivity index (χ3v) is 4.56. The molecule has 3 N–H and O–H groups in total. The molecule has 0 radical (unpaired) electrons. The van der Waals surface area contributed by atoms with Crippen molar-refractivity contribution in [2.24, 2.45) is 0 Å². The van der Waals surface area contributed by atoms with Crippen LogP contribution in [0.3, 0.4) is 0 Å². The van der Waals surface area contributed by atoms with Gasteiger partial charge in [0, 0.05) is 11.6 Å². The molecule has 0 saturated heterocycles. The summed E-state index contributed by atoms with van der Waals surface area (Å²) >= 11 is 5.72. The van der Waals surface area contributed by atoms with Gasteiger partial charge in [0.1, 0.15) is 0 Å². The summed E-state index contributed by atoms with van der Waals surface area (Å²) in [4.78, 5) is 11.9. The minimum atomic E-state index is -3.74. The first-order valence-corrected chi connectivity index (χ1v) is 8.43. The lowest BCUT2D eigenvalue weighted by Crippen LogP contribution is -2.45. The maximum atomic E-state index is 12.1. The number of hydrogen-bond acceptors (Lipinski definition) is 4. The first kappa shape index (κ1) is 21.1. The molecule has 0 aliphatic heterocycles. The number of nitrogens with one attached hydrogen (secondary N) is 3. The molecule has 0 saturated carbocycles. The Hall–Kier alpha value is -0.860. The molecule has 1 atom stereocenters. The molecule has 1 amide bonds. The summed E-state index contributed by atoms with van der Waals surface area (Å²) in [6, 6.07) is 4.90. The molecule has 0 aromatic heterocycles. The number of carbonyl (C=O) groups excluding carboxylic acids is 1. The van der Waals surface area contributed by atoms with Gasteiger partial charge in [-0.05, 0) is 51.2 Å². The van der Waals surface area contributed by atoms with Crippen molar-refractivity contribution in [2.75, 3.05) is 20.1 Å². The van der Waals surface area contributed by atoms with Crippen LogP contribution >= 0.6 is 24.0 Å². The van der Waals surface area contributed by atoms with Crippen molar-refractivity contribution in [3.63, 3.8) is 0 Å². The summed E-state index contributed by atoms with van der Waals surface area (Å²) in [7, 11) is -1.91. The third kappa shape index (κ3) is 6.93. The Kier molecular flexibility index (Phi) is 9.63. The molecule has 0 bridgehead atoms. The van der Waals surface area contributed by atoms with Crippen LogP contribution in [0.4, 0.5) is 0 Å². The van der Waals surface area contributed by atoms with E-state index in [0.29, 0.717) is 11.6 Å². The van der Waals surface area contributed by atoms with Gasteiger partial charge in [-0.2, -0.15) is 4.72 Å². The second-order valence-corrected chi connectivity index (χ2v) is 6.70. The first-order valence-electron chi connectivity index (χ1n) is 6.57. The molecular weight excluding hydrogens is 349 g/mol. The van der Waals surface area contributed by atoms with Crippen LogP contribution in [0, 0.1) is 0 Å². The Morgan fingerprint density at radius 2 is 1.82 bits per heavy atom. The molecule has 1 aromatic rings. The van der Waals surface area contributed by atoms with E-state index in [0.717, 1.165) is 13.0 Å². The fourth-order valence-corrected chi connectivity index (χ4v) is 2.93. The van der Waals surface area contributed by atoms with Gasteiger partial charge in [0.15, 0.2) is 0 Å². The highest BCUT2D eigenvalue weighted by Crippen LogP contribution is 2.14. The van der Waals surface area contributed by atoms with E-state index in [1.165, 1.54) is 31.2 Å². The van der Waals surface area contributed by atoms with Crippen LogP contribution in [-0.4, -0.2) is 40.5 Å². The second kappa shape index (κ2) is 10.0. The van der Waals surface area contributed by atoms with Crippen LogP contribution in [-0.2, 0) is 14.8 Å². The van der Waals surface area contributed by atoms with E-state index >= 15 is 0 Å². The molecule has 6 nitrogen and oxygen atoms in total. The van der Waals surface area contributed by atoms with Crippen molar-refractivity contribution in [3.8, 4) is 0 Å². The SMILES string of the molecule is CNCCCNC(=O)C(C)NS(=O)(=O)c1ccc(Cl)cc1.Cl. The third-order valence-electron chi connectivity index (χ3n) is 2.75. The number of amides is 1. The molecule has 1 rings (SSSR count). The second-order valence-electron chi connectivity index (χ2n) is 4.55. The molecule has 0 fully saturated rings. The monoisotopic (exact) mass is 369 g/mol. The van der Waals surface area contributed by atoms with Crippen molar-refractivity contribution in [2.45, 2.75) is 24.3 Å². The van der Waals surface area contributed by atoms with Gasteiger partial charge < -0.3 is 10.6 Å². The maximum absolute atomic E-state index is 12.1. The van der Waals surface area contributed by atoms with Crippen LogP contribution in [0.15, 0.2) is 29.2 Å². The topological polar surface area (TPSA) is 87.3 Å². The molecule has 0 heterocycles. The zero-order valence-electron chi connectivity index (χ0n) is 12.4. The predicted octanol–water partition coefficient (Wildman–Crippen LogP) is 1.15. The molecule has 0 spiro atoms. The van der Waals surface area contributed by atoms with E-state index in [1.54, 1.807) is 0 Å². The summed E-state index contributed by atoms with van der Waals surface area (Å²) in [5.74, 6) is -0.358. The Labute approximate surface area is 142 Å². The normalized spacial score (nSPS) is 12.3. The largest absolute Gasteiger partial charge is 0.355 e. The molecule has 1 unspecified atom stereocenters. The van der Waals surface area contributed by atoms with E-state index in [9.17, 15) is 13.2 Å². The van der Waals surface area contributed by atoms with Crippen LogP contribution in [0.1, 0.15) is 13.3 Å². The number of halogens is 2. The van der Waals surface area contributed by atoms with Crippen molar-refractivity contribution in [1.82, 2.24) is 15.4 Å². The molecule has 22 heavy (non-hydrogen) atoms. The minimum absolute atomic E-state index is 0. The lowest BCUT2D eigenvalue weighted by molar-refractivity contribution is -0.122. The first-order chi connectivity index (χ1) is 9.86. The highest BCUT2D eigenvalue weighted by Gasteiger charge is 2.21. The standard InChI is InChI=1S/C13H20ClN3O3S.ClH/c1-10(13(18)16-9-3-8-15-2)17-21(19,20)12-6-4-11(14)5-7-12;/h4-7,10,15,17H,3,8-9H2,1-2H3,(H,16,18);1H. The van der Waals surface area contributed by atoms with Crippen LogP contribution < -0.4 is 15.4 Å². The van der Waals surface area contributed by atoms with Crippen LogP contribution in [0.5, 0.6) is 0 Å². The van der Waals surface area contributed by atoms with Crippen LogP contribution in [0.25, 0.3) is 0 Å². The van der Waals surface area contributed by atoms with Crippen molar-refractivity contribution < 1.29 is 13.2 Å². The summed E-state index contributed by atoms with van der Waals surface area (Å²) in [6.45, 7) is 2.78. The number of sulfonamides is 1. The Bertz CT molecular complexity index is 564.